The number of hydrogen-bond donors (Lipinski definition) is 0. The topological polar surface area (TPSA) is 44.6 Å². The van der Waals surface area contributed by atoms with E-state index in [0.29, 0.717) is 18.4 Å². The molecule has 3 atom stereocenters. The minimum absolute atomic E-state index is 0.186. The van der Waals surface area contributed by atoms with Crippen LogP contribution in [0.15, 0.2) is 36.5 Å². The molecule has 1 aromatic carbocycles. The normalized spacial score (nSPS) is 24.4. The van der Waals surface area contributed by atoms with E-state index in [4.69, 9.17) is 0 Å². The third kappa shape index (κ3) is 4.23. The van der Waals surface area contributed by atoms with Crippen LogP contribution in [0, 0.1) is 25.7 Å². The Morgan fingerprint density at radius 1 is 1.10 bits per heavy atom. The third-order valence-electron chi connectivity index (χ3n) is 6.44. The van der Waals surface area contributed by atoms with Gasteiger partial charge in [0.2, 0.25) is 5.91 Å². The van der Waals surface area contributed by atoms with Crippen LogP contribution in [0.2, 0.25) is 0 Å². The summed E-state index contributed by atoms with van der Waals surface area (Å²) in [5.41, 5.74) is 3.67. The summed E-state index contributed by atoms with van der Waals surface area (Å²) in [4.78, 5) is 19.7. The van der Waals surface area contributed by atoms with Crippen molar-refractivity contribution >= 4 is 5.91 Å². The lowest BCUT2D eigenvalue weighted by molar-refractivity contribution is -0.133. The molecule has 6 heteroatoms. The fraction of sp³-hybridized carbons (Fsp3) is 0.565. The lowest BCUT2D eigenvalue weighted by atomic mass is 9.87. The van der Waals surface area contributed by atoms with Gasteiger partial charge in [-0.05, 0) is 51.1 Å². The maximum absolute atomic E-state index is 13.0. The Bertz CT molecular complexity index is 860. The van der Waals surface area contributed by atoms with Gasteiger partial charge < -0.3 is 14.7 Å². The number of aromatic nitrogens is 2. The predicted molar refractivity (Wildman–Crippen MR) is 115 cm³/mol. The molecule has 1 amide bonds. The molecule has 2 aliphatic rings. The number of hydrogen-bond acceptors (Lipinski definition) is 4. The maximum Gasteiger partial charge on any atom is 0.237 e. The van der Waals surface area contributed by atoms with Gasteiger partial charge in [-0.15, -0.1) is 0 Å². The van der Waals surface area contributed by atoms with Crippen molar-refractivity contribution < 1.29 is 4.79 Å². The fourth-order valence-electron chi connectivity index (χ4n) is 5.09. The summed E-state index contributed by atoms with van der Waals surface area (Å²) < 4.78 is 2.04. The Hall–Kier alpha value is -2.18. The van der Waals surface area contributed by atoms with E-state index in [1.165, 1.54) is 11.1 Å². The van der Waals surface area contributed by atoms with E-state index >= 15 is 0 Å². The minimum atomic E-state index is 0.186. The van der Waals surface area contributed by atoms with Gasteiger partial charge in [-0.2, -0.15) is 5.10 Å². The Morgan fingerprint density at radius 3 is 2.59 bits per heavy atom. The van der Waals surface area contributed by atoms with Crippen LogP contribution in [0.3, 0.4) is 0 Å². The lowest BCUT2D eigenvalue weighted by Crippen LogP contribution is -2.40. The van der Waals surface area contributed by atoms with Gasteiger partial charge in [0.15, 0.2) is 0 Å². The van der Waals surface area contributed by atoms with Crippen LogP contribution < -0.4 is 0 Å². The molecule has 2 aliphatic heterocycles. The number of likely N-dealkylation sites (tertiary alicyclic amines) is 2. The molecule has 156 valence electrons. The third-order valence-corrected chi connectivity index (χ3v) is 6.44. The molecular weight excluding hydrogens is 362 g/mol. The molecule has 3 heterocycles. The van der Waals surface area contributed by atoms with Crippen LogP contribution in [0.1, 0.15) is 22.9 Å². The van der Waals surface area contributed by atoms with Gasteiger partial charge >= 0.3 is 0 Å². The van der Waals surface area contributed by atoms with Gasteiger partial charge in [0.25, 0.3) is 0 Å². The number of amides is 1. The van der Waals surface area contributed by atoms with Gasteiger partial charge in [-0.25, -0.2) is 0 Å². The number of benzene rings is 1. The molecule has 4 rings (SSSR count). The molecule has 2 aromatic rings. The summed E-state index contributed by atoms with van der Waals surface area (Å²) in [7, 11) is 3.94. The quantitative estimate of drug-likeness (QED) is 0.752. The Morgan fingerprint density at radius 2 is 1.90 bits per heavy atom. The summed E-state index contributed by atoms with van der Waals surface area (Å²) in [5.74, 6) is 1.29. The van der Waals surface area contributed by atoms with E-state index < -0.39 is 0 Å². The molecule has 0 unspecified atom stereocenters. The predicted octanol–water partition coefficient (Wildman–Crippen LogP) is 2.19. The van der Waals surface area contributed by atoms with Crippen LogP contribution in [0.4, 0.5) is 0 Å². The molecule has 0 saturated carbocycles. The summed E-state index contributed by atoms with van der Waals surface area (Å²) in [6, 6.07) is 10.8. The zero-order chi connectivity index (χ0) is 20.5. The number of carbonyl (C=O) groups excluding carboxylic acids is 1. The van der Waals surface area contributed by atoms with Crippen LogP contribution in [-0.2, 0) is 11.3 Å². The smallest absolute Gasteiger partial charge is 0.237 e. The van der Waals surface area contributed by atoms with Gasteiger partial charge in [0.1, 0.15) is 0 Å². The van der Waals surface area contributed by atoms with Crippen LogP contribution in [0.25, 0.3) is 0 Å². The Labute approximate surface area is 174 Å². The van der Waals surface area contributed by atoms with Crippen LogP contribution in [0.5, 0.6) is 0 Å². The number of nitrogens with zero attached hydrogens (tertiary/aromatic N) is 5. The van der Waals surface area contributed by atoms with Crippen molar-refractivity contribution in [2.24, 2.45) is 11.8 Å². The van der Waals surface area contributed by atoms with E-state index in [1.54, 1.807) is 0 Å². The Balaban J connectivity index is 1.50. The molecule has 6 nitrogen and oxygen atoms in total. The number of aryl methyl sites for hydroxylation is 2. The summed E-state index contributed by atoms with van der Waals surface area (Å²) in [5, 5.41) is 4.51. The van der Waals surface area contributed by atoms with Gasteiger partial charge in [-0.1, -0.05) is 24.3 Å². The largest absolute Gasteiger partial charge is 0.334 e. The molecule has 0 bridgehead atoms. The molecule has 0 N–H and O–H groups in total. The summed E-state index contributed by atoms with van der Waals surface area (Å²) in [6.45, 7) is 9.60. The van der Waals surface area contributed by atoms with Gasteiger partial charge in [-0.3, -0.25) is 9.48 Å². The first-order valence-corrected chi connectivity index (χ1v) is 10.6. The van der Waals surface area contributed by atoms with Gasteiger partial charge in [0.05, 0.1) is 24.8 Å². The Kier molecular flexibility index (Phi) is 5.74. The highest BCUT2D eigenvalue weighted by atomic mass is 16.2. The molecule has 2 saturated heterocycles. The van der Waals surface area contributed by atoms with E-state index in [0.717, 1.165) is 38.4 Å². The van der Waals surface area contributed by atoms with Crippen molar-refractivity contribution in [2.75, 3.05) is 46.8 Å². The van der Waals surface area contributed by atoms with Crippen molar-refractivity contribution in [1.82, 2.24) is 24.5 Å². The van der Waals surface area contributed by atoms with E-state index in [-0.39, 0.29) is 11.9 Å². The van der Waals surface area contributed by atoms with E-state index in [1.807, 2.05) is 30.6 Å². The van der Waals surface area contributed by atoms with Crippen molar-refractivity contribution in [2.45, 2.75) is 26.4 Å². The second-order valence-electron chi connectivity index (χ2n) is 8.99. The first-order valence-electron chi connectivity index (χ1n) is 10.6. The molecule has 0 radical (unpaired) electrons. The van der Waals surface area contributed by atoms with Crippen molar-refractivity contribution in [3.8, 4) is 0 Å². The average Bonchev–Trinajstić information content (AvgIpc) is 3.34. The van der Waals surface area contributed by atoms with Crippen LogP contribution in [-0.4, -0.2) is 77.2 Å². The average molecular weight is 396 g/mol. The zero-order valence-corrected chi connectivity index (χ0v) is 18.1. The number of fused-ring (bicyclic) bond motifs is 1. The molecule has 0 spiro atoms. The number of rotatable bonds is 6. The first kappa shape index (κ1) is 20.1. The SMILES string of the molecule is Cc1ccn(CCN2C[C@@H]3CN(C(=O)CN(C)C)[C@@H](c4ccccc4C)[C@@H]3C2)n1. The zero-order valence-electron chi connectivity index (χ0n) is 18.1. The molecule has 1 aromatic heterocycles. The van der Waals surface area contributed by atoms with Crippen molar-refractivity contribution in [3.05, 3.63) is 53.3 Å². The number of likely N-dealkylation sites (N-methyl/N-ethyl adjacent to an activating group) is 1. The van der Waals surface area contributed by atoms with Gasteiger partial charge in [0, 0.05) is 38.3 Å². The van der Waals surface area contributed by atoms with Crippen molar-refractivity contribution in [3.63, 3.8) is 0 Å². The molecule has 0 aliphatic carbocycles. The standard InChI is InChI=1S/C23H33N5O/c1-17-7-5-6-8-20(17)23-21-15-26(11-12-27-10-9-18(2)24-27)13-19(21)14-28(23)22(29)16-25(3)4/h5-10,19,21,23H,11-16H2,1-4H3/t19-,21-,23+/m1/s1. The second-order valence-corrected chi connectivity index (χ2v) is 8.99. The highest BCUT2D eigenvalue weighted by Gasteiger charge is 2.49. The second kappa shape index (κ2) is 8.28. The van der Waals surface area contributed by atoms with Crippen molar-refractivity contribution in [1.29, 1.82) is 0 Å². The minimum Gasteiger partial charge on any atom is -0.334 e. The fourth-order valence-corrected chi connectivity index (χ4v) is 5.09. The lowest BCUT2D eigenvalue weighted by Gasteiger charge is -2.31. The van der Waals surface area contributed by atoms with E-state index in [9.17, 15) is 4.79 Å². The highest BCUT2D eigenvalue weighted by Crippen LogP contribution is 2.45. The molecule has 2 fully saturated rings. The first-order chi connectivity index (χ1) is 13.9. The monoisotopic (exact) mass is 395 g/mol. The highest BCUT2D eigenvalue weighted by molar-refractivity contribution is 5.79. The summed E-state index contributed by atoms with van der Waals surface area (Å²) in [6.07, 6.45) is 2.06. The number of carbonyl (C=O) groups is 1. The van der Waals surface area contributed by atoms with E-state index in [2.05, 4.69) is 58.4 Å². The molecular formula is C23H33N5O. The molecule has 29 heavy (non-hydrogen) atoms. The summed E-state index contributed by atoms with van der Waals surface area (Å²) >= 11 is 0. The maximum atomic E-state index is 13.0. The van der Waals surface area contributed by atoms with Crippen LogP contribution >= 0.6 is 0 Å².